The van der Waals surface area contributed by atoms with Gasteiger partial charge in [0, 0.05) is 82.3 Å². The number of hydrogen-bond donors (Lipinski definition) is 3. The largest absolute Gasteiger partial charge is 0.455 e. The first kappa shape index (κ1) is 33.7. The smallest absolute Gasteiger partial charge is 0.338 e. The van der Waals surface area contributed by atoms with Crippen LogP contribution in [0.1, 0.15) is 63.4 Å². The van der Waals surface area contributed by atoms with Gasteiger partial charge in [0.05, 0.1) is 35.9 Å². The predicted octanol–water partition coefficient (Wildman–Crippen LogP) is 2.04. The quantitative estimate of drug-likeness (QED) is 0.306. The summed E-state index contributed by atoms with van der Waals surface area (Å²) in [7, 11) is 1.43. The molecule has 2 bridgehead atoms. The van der Waals surface area contributed by atoms with Crippen LogP contribution in [0.15, 0.2) is 35.4 Å². The van der Waals surface area contributed by atoms with Crippen molar-refractivity contribution in [1.82, 2.24) is 0 Å². The molecule has 8 unspecified atom stereocenters. The first-order valence-corrected chi connectivity index (χ1v) is 14.0. The number of ketones is 1. The van der Waals surface area contributed by atoms with E-state index in [1.165, 1.54) is 14.0 Å². The van der Waals surface area contributed by atoms with Gasteiger partial charge in [-0.2, -0.15) is 0 Å². The van der Waals surface area contributed by atoms with Crippen molar-refractivity contribution >= 4 is 17.7 Å². The van der Waals surface area contributed by atoms with Crippen LogP contribution in [0, 0.1) is 67.7 Å². The monoisotopic (exact) mass is 799 g/mol. The van der Waals surface area contributed by atoms with E-state index in [1.807, 2.05) is 13.0 Å². The van der Waals surface area contributed by atoms with Gasteiger partial charge in [-0.3, -0.25) is 9.59 Å². The molecule has 1 saturated heterocycles. The third-order valence-corrected chi connectivity index (χ3v) is 10.4. The van der Waals surface area contributed by atoms with Crippen LogP contribution in [0.5, 0.6) is 0 Å². The average molecular weight is 800 g/mol. The minimum atomic E-state index is -2.02. The molecule has 0 amide bonds. The van der Waals surface area contributed by atoms with E-state index in [-0.39, 0.29) is 74.6 Å². The van der Waals surface area contributed by atoms with Crippen LogP contribution in [0.25, 0.3) is 0 Å². The van der Waals surface area contributed by atoms with Crippen LogP contribution in [-0.2, 0) is 28.5 Å². The van der Waals surface area contributed by atoms with E-state index in [1.54, 1.807) is 45.9 Å². The Labute approximate surface area is 281 Å². The summed E-state index contributed by atoms with van der Waals surface area (Å²) in [5.41, 5.74) is -5.00. The predicted molar refractivity (Wildman–Crippen MR) is 145 cm³/mol. The summed E-state index contributed by atoms with van der Waals surface area (Å²) in [6.45, 7) is 9.44. The van der Waals surface area contributed by atoms with Crippen LogP contribution in [0.2, 0.25) is 0 Å². The molecule has 0 spiro atoms. The molecular weight excluding hydrogens is 759 g/mol. The average Bonchev–Trinajstić information content (AvgIpc) is 2.88. The third-order valence-electron chi connectivity index (χ3n) is 10.4. The number of esters is 2. The number of rotatable bonds is 4. The van der Waals surface area contributed by atoms with Crippen molar-refractivity contribution in [3.8, 4) is 0 Å². The van der Waals surface area contributed by atoms with Crippen LogP contribution in [-0.4, -0.2) is 88.5 Å². The zero-order valence-corrected chi connectivity index (χ0v) is 29.9. The fourth-order valence-corrected chi connectivity index (χ4v) is 8.03. The van der Waals surface area contributed by atoms with Crippen molar-refractivity contribution in [2.75, 3.05) is 13.7 Å². The standard InChI is InChI=1S/C31H40O10.Ac/c1-15-9-8-10-18(11-15)27(35)41-26-24-29(6,20(38-7)12-21-30(24,36)14-39-21)25(34)23(40-17(3)32)22-16(2)19(33)13-31(26,37)28(22,4)5;/h8-11,19-21,23-24,26,33,36-37H,12-14H2,1-7H3;/t19?,20?,21?,23?,24?,26?,29-,30?,31?;/m1./s1. The molecule has 42 heavy (non-hydrogen) atoms. The van der Waals surface area contributed by atoms with Gasteiger partial charge in [0.1, 0.15) is 17.3 Å². The van der Waals surface area contributed by atoms with Gasteiger partial charge in [0.15, 0.2) is 11.9 Å². The van der Waals surface area contributed by atoms with E-state index in [2.05, 4.69) is 0 Å². The molecule has 227 valence electrons. The van der Waals surface area contributed by atoms with E-state index in [9.17, 15) is 29.7 Å². The van der Waals surface area contributed by atoms with Crippen molar-refractivity contribution in [3.63, 3.8) is 0 Å². The maximum absolute atomic E-state index is 14.8. The summed E-state index contributed by atoms with van der Waals surface area (Å²) in [5.74, 6) is -3.29. The molecule has 2 saturated carbocycles. The number of methoxy groups -OCH3 is 1. The molecule has 5 rings (SSSR count). The fourth-order valence-electron chi connectivity index (χ4n) is 8.03. The van der Waals surface area contributed by atoms with Gasteiger partial charge < -0.3 is 34.3 Å². The number of benzene rings is 1. The van der Waals surface area contributed by atoms with E-state index < -0.39 is 76.2 Å². The maximum Gasteiger partial charge on any atom is 0.338 e. The SMILES string of the molecule is COC1CC2OCC2(O)C2C(OC(=O)c3cccc(C)c3)C3(O)CC(O)C(C)=C(C(OC(C)=O)C(=O)[C@]12C)C3(C)C.[Ac]. The second-order valence-corrected chi connectivity index (χ2v) is 12.9. The molecule has 1 aromatic rings. The first-order valence-electron chi connectivity index (χ1n) is 14.0. The van der Waals surface area contributed by atoms with Crippen molar-refractivity contribution in [2.45, 2.75) is 96.1 Å². The molecule has 11 heteroatoms. The van der Waals surface area contributed by atoms with E-state index >= 15 is 0 Å². The van der Waals surface area contributed by atoms with Crippen molar-refractivity contribution in [3.05, 3.63) is 46.5 Å². The zero-order valence-electron chi connectivity index (χ0n) is 25.2. The van der Waals surface area contributed by atoms with E-state index in [0.29, 0.717) is 5.57 Å². The first-order chi connectivity index (χ1) is 19.0. The number of carbonyl (C=O) groups excluding carboxylic acids is 3. The number of ether oxygens (including phenoxy) is 4. The number of carbonyl (C=O) groups is 3. The zero-order chi connectivity index (χ0) is 30.3. The Balaban J connectivity index is 0.00000405. The molecular formula is C31H40AcO10. The molecule has 0 aromatic heterocycles. The summed E-state index contributed by atoms with van der Waals surface area (Å²) < 4.78 is 23.5. The molecule has 3 N–H and O–H groups in total. The molecule has 4 aliphatic rings. The number of aryl methyl sites for hydroxylation is 1. The summed E-state index contributed by atoms with van der Waals surface area (Å²) in [6.07, 6.45) is -5.94. The number of aliphatic hydroxyl groups is 3. The summed E-state index contributed by atoms with van der Waals surface area (Å²) in [6, 6.07) is 6.77. The Hall–Kier alpha value is -1.19. The third kappa shape index (κ3) is 4.69. The molecule has 1 aliphatic heterocycles. The molecule has 9 atom stereocenters. The van der Waals surface area contributed by atoms with E-state index in [0.717, 1.165) is 5.56 Å². The summed E-state index contributed by atoms with van der Waals surface area (Å²) in [5, 5.41) is 36.3. The number of hydrogen-bond acceptors (Lipinski definition) is 10. The maximum atomic E-state index is 14.8. The van der Waals surface area contributed by atoms with Gasteiger partial charge in [-0.25, -0.2) is 4.79 Å². The Morgan fingerprint density at radius 2 is 1.76 bits per heavy atom. The van der Waals surface area contributed by atoms with Gasteiger partial charge in [0.2, 0.25) is 0 Å². The van der Waals surface area contributed by atoms with Gasteiger partial charge in [-0.1, -0.05) is 31.5 Å². The Morgan fingerprint density at radius 1 is 1.10 bits per heavy atom. The van der Waals surface area contributed by atoms with E-state index in [4.69, 9.17) is 18.9 Å². The topological polar surface area (TPSA) is 149 Å². The Bertz CT molecular complexity index is 1320. The van der Waals surface area contributed by atoms with Crippen molar-refractivity contribution < 1.29 is 92.7 Å². The molecule has 3 fully saturated rings. The van der Waals surface area contributed by atoms with Crippen LogP contribution >= 0.6 is 0 Å². The molecule has 1 aromatic carbocycles. The van der Waals surface area contributed by atoms with Crippen LogP contribution in [0.3, 0.4) is 0 Å². The number of Topliss-reactive ketones (excluding diaryl/α,β-unsaturated/α-hetero) is 1. The Kier molecular flexibility index (Phi) is 9.08. The molecule has 3 aliphatic carbocycles. The number of fused-ring (bicyclic) bond motifs is 5. The normalized spacial score (nSPS) is 40.3. The second kappa shape index (κ2) is 11.3. The van der Waals surface area contributed by atoms with Crippen molar-refractivity contribution in [1.29, 1.82) is 0 Å². The molecule has 1 heterocycles. The van der Waals surface area contributed by atoms with Gasteiger partial charge >= 0.3 is 11.9 Å². The molecule has 10 nitrogen and oxygen atoms in total. The van der Waals surface area contributed by atoms with Crippen LogP contribution < -0.4 is 0 Å². The Morgan fingerprint density at radius 3 is 2.31 bits per heavy atom. The van der Waals surface area contributed by atoms with Gasteiger partial charge in [-0.15, -0.1) is 0 Å². The van der Waals surface area contributed by atoms with Crippen molar-refractivity contribution in [2.24, 2.45) is 16.7 Å². The fraction of sp³-hybridized carbons (Fsp3) is 0.645. The second-order valence-electron chi connectivity index (χ2n) is 12.9. The number of aliphatic hydroxyl groups excluding tert-OH is 1. The minimum absolute atomic E-state index is 0. The summed E-state index contributed by atoms with van der Waals surface area (Å²) in [4.78, 5) is 41.0. The summed E-state index contributed by atoms with van der Waals surface area (Å²) >= 11 is 0. The van der Waals surface area contributed by atoms with Gasteiger partial charge in [-0.05, 0) is 44.1 Å². The van der Waals surface area contributed by atoms with Crippen LogP contribution in [0.4, 0.5) is 0 Å². The minimum Gasteiger partial charge on any atom is -0.455 e. The van der Waals surface area contributed by atoms with Gasteiger partial charge in [0.25, 0.3) is 0 Å². The molecule has 1 radical (unpaired) electrons.